The van der Waals surface area contributed by atoms with Gasteiger partial charge >= 0.3 is 0 Å². The predicted molar refractivity (Wildman–Crippen MR) is 94.2 cm³/mol. The summed E-state index contributed by atoms with van der Waals surface area (Å²) in [5, 5.41) is 3.34. The average molecular weight is 416 g/mol. The minimum absolute atomic E-state index is 0.0752. The fraction of sp³-hybridized carbons (Fsp3) is 0.188. The Morgan fingerprint density at radius 3 is 2.67 bits per heavy atom. The first-order chi connectivity index (χ1) is 9.95. The van der Waals surface area contributed by atoms with Crippen LogP contribution in [0.2, 0.25) is 5.02 Å². The number of aryl methyl sites for hydroxylation is 2. The van der Waals surface area contributed by atoms with Crippen LogP contribution in [0.1, 0.15) is 11.1 Å². The van der Waals surface area contributed by atoms with Crippen molar-refractivity contribution in [1.82, 2.24) is 0 Å². The molecule has 0 bridgehead atoms. The molecule has 2 aromatic rings. The van der Waals surface area contributed by atoms with Crippen LogP contribution in [-0.4, -0.2) is 12.5 Å². The lowest BCUT2D eigenvalue weighted by Gasteiger charge is -2.11. The molecule has 0 heterocycles. The largest absolute Gasteiger partial charge is 0.482 e. The van der Waals surface area contributed by atoms with Gasteiger partial charge in [0.2, 0.25) is 0 Å². The molecule has 0 fully saturated rings. The van der Waals surface area contributed by atoms with Crippen molar-refractivity contribution < 1.29 is 9.53 Å². The maximum absolute atomic E-state index is 11.9. The van der Waals surface area contributed by atoms with E-state index in [0.29, 0.717) is 10.8 Å². The highest BCUT2D eigenvalue weighted by Crippen LogP contribution is 2.25. The first-order valence-corrected chi connectivity index (χ1v) is 7.86. The van der Waals surface area contributed by atoms with Gasteiger partial charge in [-0.25, -0.2) is 0 Å². The van der Waals surface area contributed by atoms with E-state index in [0.717, 1.165) is 20.4 Å². The van der Waals surface area contributed by atoms with Crippen molar-refractivity contribution in [3.8, 4) is 5.75 Å². The van der Waals surface area contributed by atoms with Gasteiger partial charge in [-0.1, -0.05) is 17.7 Å². The van der Waals surface area contributed by atoms with E-state index >= 15 is 0 Å². The normalized spacial score (nSPS) is 10.3. The van der Waals surface area contributed by atoms with Gasteiger partial charge in [0, 0.05) is 9.26 Å². The van der Waals surface area contributed by atoms with Crippen molar-refractivity contribution in [2.24, 2.45) is 0 Å². The smallest absolute Gasteiger partial charge is 0.262 e. The van der Waals surface area contributed by atoms with Gasteiger partial charge in [0.1, 0.15) is 5.75 Å². The number of hydrogen-bond acceptors (Lipinski definition) is 2. The molecule has 0 atom stereocenters. The molecule has 0 saturated carbocycles. The molecule has 2 rings (SSSR count). The van der Waals surface area contributed by atoms with Crippen molar-refractivity contribution in [2.75, 3.05) is 11.9 Å². The second-order valence-electron chi connectivity index (χ2n) is 4.73. The standard InChI is InChI=1S/C16H15ClINO2/c1-10-3-6-15(13(17)7-10)21-9-16(20)19-14-5-4-12(18)8-11(14)2/h3-8H,9H2,1-2H3,(H,19,20). The van der Waals surface area contributed by atoms with Gasteiger partial charge in [0.25, 0.3) is 5.91 Å². The third-order valence-corrected chi connectivity index (χ3v) is 3.88. The van der Waals surface area contributed by atoms with Gasteiger partial charge in [0.05, 0.1) is 5.02 Å². The summed E-state index contributed by atoms with van der Waals surface area (Å²) in [6.45, 7) is 3.82. The number of halogens is 2. The van der Waals surface area contributed by atoms with Gasteiger partial charge in [-0.2, -0.15) is 0 Å². The Balaban J connectivity index is 1.96. The van der Waals surface area contributed by atoms with Crippen LogP contribution in [-0.2, 0) is 4.79 Å². The summed E-state index contributed by atoms with van der Waals surface area (Å²) in [5.41, 5.74) is 2.86. The highest BCUT2D eigenvalue weighted by atomic mass is 127. The molecular weight excluding hydrogens is 401 g/mol. The van der Waals surface area contributed by atoms with Gasteiger partial charge < -0.3 is 10.1 Å². The number of carbonyl (C=O) groups is 1. The Morgan fingerprint density at radius 1 is 1.24 bits per heavy atom. The van der Waals surface area contributed by atoms with Crippen molar-refractivity contribution >= 4 is 45.8 Å². The van der Waals surface area contributed by atoms with Crippen molar-refractivity contribution in [3.63, 3.8) is 0 Å². The molecule has 0 aliphatic heterocycles. The maximum atomic E-state index is 11.9. The van der Waals surface area contributed by atoms with Crippen LogP contribution < -0.4 is 10.1 Å². The second kappa shape index (κ2) is 7.13. The summed E-state index contributed by atoms with van der Waals surface area (Å²) in [4.78, 5) is 11.9. The van der Waals surface area contributed by atoms with Crippen LogP contribution in [0.5, 0.6) is 5.75 Å². The van der Waals surface area contributed by atoms with Crippen LogP contribution >= 0.6 is 34.2 Å². The molecule has 110 valence electrons. The van der Waals surface area contributed by atoms with Crippen molar-refractivity contribution in [1.29, 1.82) is 0 Å². The number of benzene rings is 2. The summed E-state index contributed by atoms with van der Waals surface area (Å²) in [6, 6.07) is 11.3. The summed E-state index contributed by atoms with van der Waals surface area (Å²) >= 11 is 8.29. The Hall–Kier alpha value is -1.27. The molecule has 0 aliphatic rings. The predicted octanol–water partition coefficient (Wildman–Crippen LogP) is 4.58. The number of nitrogens with one attached hydrogen (secondary N) is 1. The topological polar surface area (TPSA) is 38.3 Å². The van der Waals surface area contributed by atoms with E-state index in [1.54, 1.807) is 12.1 Å². The maximum Gasteiger partial charge on any atom is 0.262 e. The molecule has 0 aromatic heterocycles. The van der Waals surface area contributed by atoms with Gasteiger partial charge in [-0.15, -0.1) is 0 Å². The Morgan fingerprint density at radius 2 is 2.00 bits per heavy atom. The minimum atomic E-state index is -0.212. The lowest BCUT2D eigenvalue weighted by molar-refractivity contribution is -0.118. The number of carbonyl (C=O) groups excluding carboxylic acids is 1. The highest BCUT2D eigenvalue weighted by Gasteiger charge is 2.08. The molecule has 0 unspecified atom stereocenters. The zero-order chi connectivity index (χ0) is 15.4. The van der Waals surface area contributed by atoms with Crippen molar-refractivity contribution in [2.45, 2.75) is 13.8 Å². The fourth-order valence-corrected chi connectivity index (χ4v) is 2.76. The van der Waals surface area contributed by atoms with E-state index in [-0.39, 0.29) is 12.5 Å². The lowest BCUT2D eigenvalue weighted by Crippen LogP contribution is -2.20. The van der Waals surface area contributed by atoms with E-state index in [4.69, 9.17) is 16.3 Å². The first kappa shape index (κ1) is 16.1. The molecule has 0 radical (unpaired) electrons. The Labute approximate surface area is 142 Å². The third-order valence-electron chi connectivity index (χ3n) is 2.91. The molecule has 21 heavy (non-hydrogen) atoms. The third kappa shape index (κ3) is 4.61. The highest BCUT2D eigenvalue weighted by molar-refractivity contribution is 14.1. The molecule has 3 nitrogen and oxygen atoms in total. The van der Waals surface area contributed by atoms with E-state index in [9.17, 15) is 4.79 Å². The van der Waals surface area contributed by atoms with E-state index < -0.39 is 0 Å². The van der Waals surface area contributed by atoms with E-state index in [1.807, 2.05) is 38.1 Å². The average Bonchev–Trinajstić information content (AvgIpc) is 2.41. The molecule has 2 aromatic carbocycles. The van der Waals surface area contributed by atoms with Crippen LogP contribution in [0.25, 0.3) is 0 Å². The second-order valence-corrected chi connectivity index (χ2v) is 6.38. The van der Waals surface area contributed by atoms with Crippen LogP contribution in [0.3, 0.4) is 0 Å². The molecule has 1 N–H and O–H groups in total. The number of rotatable bonds is 4. The molecular formula is C16H15ClINO2. The Bertz CT molecular complexity index is 673. The quantitative estimate of drug-likeness (QED) is 0.743. The van der Waals surface area contributed by atoms with Gasteiger partial charge in [-0.05, 0) is 77.9 Å². The molecule has 0 spiro atoms. The lowest BCUT2D eigenvalue weighted by atomic mass is 10.2. The fourth-order valence-electron chi connectivity index (χ4n) is 1.82. The zero-order valence-corrected chi connectivity index (χ0v) is 14.7. The first-order valence-electron chi connectivity index (χ1n) is 6.40. The van der Waals surface area contributed by atoms with Crippen molar-refractivity contribution in [3.05, 3.63) is 56.1 Å². The number of hydrogen-bond donors (Lipinski definition) is 1. The summed E-state index contributed by atoms with van der Waals surface area (Å²) in [7, 11) is 0. The molecule has 5 heteroatoms. The molecule has 0 saturated heterocycles. The Kier molecular flexibility index (Phi) is 5.47. The van der Waals surface area contributed by atoms with Gasteiger partial charge in [-0.3, -0.25) is 4.79 Å². The van der Waals surface area contributed by atoms with E-state index in [2.05, 4.69) is 27.9 Å². The number of ether oxygens (including phenoxy) is 1. The summed E-state index contributed by atoms with van der Waals surface area (Å²) < 4.78 is 6.57. The van der Waals surface area contributed by atoms with Crippen LogP contribution in [0.4, 0.5) is 5.69 Å². The van der Waals surface area contributed by atoms with Crippen LogP contribution in [0.15, 0.2) is 36.4 Å². The number of anilines is 1. The SMILES string of the molecule is Cc1ccc(OCC(=O)Nc2ccc(I)cc2C)c(Cl)c1. The monoisotopic (exact) mass is 415 g/mol. The summed E-state index contributed by atoms with van der Waals surface area (Å²) in [6.07, 6.45) is 0. The molecule has 1 amide bonds. The number of amides is 1. The van der Waals surface area contributed by atoms with E-state index in [1.165, 1.54) is 0 Å². The summed E-state index contributed by atoms with van der Waals surface area (Å²) in [5.74, 6) is 0.299. The van der Waals surface area contributed by atoms with Gasteiger partial charge in [0.15, 0.2) is 6.61 Å². The molecule has 0 aliphatic carbocycles. The zero-order valence-electron chi connectivity index (χ0n) is 11.7. The van der Waals surface area contributed by atoms with Crippen LogP contribution in [0, 0.1) is 17.4 Å². The minimum Gasteiger partial charge on any atom is -0.482 e.